The Morgan fingerprint density at radius 3 is 1.43 bits per heavy atom. The van der Waals surface area contributed by atoms with Gasteiger partial charge in [-0.15, -0.1) is 7.77 Å². The summed E-state index contributed by atoms with van der Waals surface area (Å²) in [6.45, 7) is 0. The van der Waals surface area contributed by atoms with Gasteiger partial charge >= 0.3 is 43.3 Å². The molecule has 0 spiro atoms. The van der Waals surface area contributed by atoms with E-state index in [1.165, 1.54) is 0 Å². The molecule has 0 aliphatic rings. The van der Waals surface area contributed by atoms with Gasteiger partial charge in [0.1, 0.15) is 0 Å². The van der Waals surface area contributed by atoms with Crippen molar-refractivity contribution >= 4 is 43.3 Å². The van der Waals surface area contributed by atoms with Crippen LogP contribution in [-0.4, -0.2) is 40.8 Å². The fourth-order valence-electron chi connectivity index (χ4n) is 0.279. The lowest BCUT2D eigenvalue weighted by molar-refractivity contribution is 0.158. The van der Waals surface area contributed by atoms with Gasteiger partial charge in [-0.3, -0.25) is 0 Å². The Kier molecular flexibility index (Phi) is 4.62. The zero-order valence-corrected chi connectivity index (χ0v) is 10.8. The van der Waals surface area contributed by atoms with Crippen molar-refractivity contribution in [1.29, 1.82) is 0 Å². The largest absolute Gasteiger partial charge is 0.481 e. The second-order valence-corrected chi connectivity index (χ2v) is 10.6. The second kappa shape index (κ2) is 4.80. The maximum absolute atomic E-state index is 11.7. The van der Waals surface area contributed by atoms with Crippen LogP contribution in [-0.2, 0) is 28.2 Å². The molecule has 0 amide bonds. The lowest BCUT2D eigenvalue weighted by Crippen LogP contribution is -2.19. The molecule has 0 aromatic rings. The van der Waals surface area contributed by atoms with Gasteiger partial charge in [0, 0.05) is 0 Å². The van der Waals surface area contributed by atoms with Gasteiger partial charge in [-0.05, 0) is 0 Å². The smallest absolute Gasteiger partial charge is 0.476 e. The average molecular weight is 286 g/mol. The maximum atomic E-state index is 11.7. The van der Waals surface area contributed by atoms with E-state index in [4.69, 9.17) is 0 Å². The highest BCUT2D eigenvalue weighted by atomic mass is 32.4. The van der Waals surface area contributed by atoms with Crippen molar-refractivity contribution in [3.05, 3.63) is 0 Å². The molecule has 0 N–H and O–H groups in total. The van der Waals surface area contributed by atoms with Crippen molar-refractivity contribution in [3.63, 3.8) is 0 Å². The molecule has 0 saturated heterocycles. The first-order valence-corrected chi connectivity index (χ1v) is 10.5. The Morgan fingerprint density at radius 1 is 0.929 bits per heavy atom. The highest BCUT2D eigenvalue weighted by molar-refractivity contribution is 8.10. The third-order valence-electron chi connectivity index (χ3n) is 0.635. The quantitative estimate of drug-likeness (QED) is 0.424. The Labute approximate surface area is 82.0 Å². The number of halogens is 2. The number of carbonyl (C=O) groups is 1. The molecule has 13 heteroatoms. The third kappa shape index (κ3) is 9.55. The van der Waals surface area contributed by atoms with Crippen LogP contribution in [0.3, 0.4) is 0 Å². The van der Waals surface area contributed by atoms with Gasteiger partial charge in [0.15, 0.2) is 0 Å². The van der Waals surface area contributed by atoms with E-state index in [9.17, 15) is 29.4 Å². The molecule has 0 fully saturated rings. The molecular formula is CH4F2O7S2Si2. The molecule has 0 rings (SSSR count). The fourth-order valence-corrected chi connectivity index (χ4v) is 2.51. The Bertz CT molecular complexity index is 359. The van der Waals surface area contributed by atoms with Crippen molar-refractivity contribution < 1.29 is 38.3 Å². The molecule has 0 saturated carbocycles. The first kappa shape index (κ1) is 13.5. The molecule has 0 aliphatic heterocycles. The van der Waals surface area contributed by atoms with Crippen LogP contribution in [0.25, 0.3) is 0 Å². The minimum absolute atomic E-state index is 1.69. The van der Waals surface area contributed by atoms with Gasteiger partial charge in [0.05, 0.1) is 0 Å². The zero-order valence-electron chi connectivity index (χ0n) is 6.34. The molecule has 14 heavy (non-hydrogen) atoms. The summed E-state index contributed by atoms with van der Waals surface area (Å²) in [6, 6.07) is 0. The Balaban J connectivity index is 3.91. The van der Waals surface area contributed by atoms with E-state index in [0.29, 0.717) is 0 Å². The fraction of sp³-hybridized carbons (Fsp3) is 0. The van der Waals surface area contributed by atoms with Crippen LogP contribution in [0.1, 0.15) is 0 Å². The highest BCUT2D eigenvalue weighted by Crippen LogP contribution is 1.93. The van der Waals surface area contributed by atoms with Crippen LogP contribution in [0.15, 0.2) is 0 Å². The van der Waals surface area contributed by atoms with Crippen molar-refractivity contribution in [2.24, 2.45) is 0 Å². The Hall–Kier alpha value is -0.536. The van der Waals surface area contributed by atoms with E-state index in [1.807, 2.05) is 0 Å². The molecule has 0 radical (unpaired) electrons. The molecular weight excluding hydrogens is 282 g/mol. The van der Waals surface area contributed by atoms with E-state index >= 15 is 0 Å². The average Bonchev–Trinajstić information content (AvgIpc) is 1.94. The zero-order chi connectivity index (χ0) is 11.4. The van der Waals surface area contributed by atoms with Crippen molar-refractivity contribution in [1.82, 2.24) is 0 Å². The second-order valence-electron chi connectivity index (χ2n) is 1.85. The lowest BCUT2D eigenvalue weighted by Gasteiger charge is -2.01. The first-order valence-electron chi connectivity index (χ1n) is 2.74. The van der Waals surface area contributed by atoms with Crippen molar-refractivity contribution in [3.8, 4) is 0 Å². The molecule has 0 unspecified atom stereocenters. The SMILES string of the molecule is O=C(O[SiH2]S(=O)(=O)F)O[SiH2]S(=O)(=O)F. The van der Waals surface area contributed by atoms with E-state index in [1.54, 1.807) is 0 Å². The molecule has 0 bridgehead atoms. The van der Waals surface area contributed by atoms with E-state index in [-0.39, 0.29) is 0 Å². The predicted molar refractivity (Wildman–Crippen MR) is 44.7 cm³/mol. The van der Waals surface area contributed by atoms with Gasteiger partial charge in [0.2, 0.25) is 0 Å². The summed E-state index contributed by atoms with van der Waals surface area (Å²) in [6.07, 6.45) is -1.69. The third-order valence-corrected chi connectivity index (χ3v) is 4.30. The summed E-state index contributed by atoms with van der Waals surface area (Å²) in [5.74, 6) is 0. The molecule has 0 aliphatic carbocycles. The lowest BCUT2D eigenvalue weighted by atomic mass is 11.5. The maximum Gasteiger partial charge on any atom is 0.481 e. The van der Waals surface area contributed by atoms with Crippen LogP contribution < -0.4 is 0 Å². The van der Waals surface area contributed by atoms with Gasteiger partial charge in [-0.25, -0.2) is 4.79 Å². The molecule has 7 nitrogen and oxygen atoms in total. The van der Waals surface area contributed by atoms with Gasteiger partial charge < -0.3 is 8.85 Å². The van der Waals surface area contributed by atoms with Crippen LogP contribution in [0, 0.1) is 0 Å². The Morgan fingerprint density at radius 2 is 1.21 bits per heavy atom. The summed E-state index contributed by atoms with van der Waals surface area (Å²) in [7, 11) is -15.4. The number of carbonyl (C=O) groups excluding carboxylic acids is 1. The van der Waals surface area contributed by atoms with Crippen molar-refractivity contribution in [2.75, 3.05) is 0 Å². The van der Waals surface area contributed by atoms with Crippen LogP contribution in [0.2, 0.25) is 0 Å². The standard InChI is InChI=1S/CH4F2O7S2Si2/c2-11(5,6)13-9-1(4)10-14-12(3,7)8/h13-14H2. The van der Waals surface area contributed by atoms with Crippen LogP contribution in [0.5, 0.6) is 0 Å². The monoisotopic (exact) mass is 286 g/mol. The first-order chi connectivity index (χ1) is 6.10. The summed E-state index contributed by atoms with van der Waals surface area (Å²) in [4.78, 5) is 10.3. The number of hydrogen-bond donors (Lipinski definition) is 0. The van der Waals surface area contributed by atoms with Crippen molar-refractivity contribution in [2.45, 2.75) is 0 Å². The minimum Gasteiger partial charge on any atom is -0.476 e. The summed E-state index contributed by atoms with van der Waals surface area (Å²) in [5, 5.41) is 0. The molecule has 0 aromatic heterocycles. The minimum atomic E-state index is -4.88. The molecule has 84 valence electrons. The van der Waals surface area contributed by atoms with Crippen LogP contribution in [0.4, 0.5) is 12.6 Å². The summed E-state index contributed by atoms with van der Waals surface area (Å²) in [5.41, 5.74) is 0. The van der Waals surface area contributed by atoms with Gasteiger partial charge in [0.25, 0.3) is 0 Å². The summed E-state index contributed by atoms with van der Waals surface area (Å²) < 4.78 is 70.2. The predicted octanol–water partition coefficient (Wildman–Crippen LogP) is -2.26. The number of rotatable bonds is 4. The number of hydrogen-bond acceptors (Lipinski definition) is 7. The van der Waals surface area contributed by atoms with Gasteiger partial charge in [-0.1, -0.05) is 0 Å². The molecule has 0 heterocycles. The van der Waals surface area contributed by atoms with Gasteiger partial charge in [-0.2, -0.15) is 16.8 Å². The highest BCUT2D eigenvalue weighted by Gasteiger charge is 2.18. The van der Waals surface area contributed by atoms with E-state index in [0.717, 1.165) is 0 Å². The summed E-state index contributed by atoms with van der Waals surface area (Å²) >= 11 is 0. The van der Waals surface area contributed by atoms with E-state index < -0.39 is 43.3 Å². The molecule has 0 aromatic carbocycles. The molecule has 0 atom stereocenters. The van der Waals surface area contributed by atoms with E-state index in [2.05, 4.69) is 8.85 Å². The normalized spacial score (nSPS) is 13.9. The topological polar surface area (TPSA) is 104 Å². The van der Waals surface area contributed by atoms with Crippen LogP contribution >= 0.6 is 0 Å².